The Morgan fingerprint density at radius 3 is 2.91 bits per heavy atom. The molecule has 0 aromatic heterocycles. The number of likely N-dealkylation sites (tertiary alicyclic amines) is 1. The number of rotatable bonds is 4. The summed E-state index contributed by atoms with van der Waals surface area (Å²) in [6, 6.07) is 9.88. The van der Waals surface area contributed by atoms with Gasteiger partial charge in [-0.25, -0.2) is 4.79 Å². The summed E-state index contributed by atoms with van der Waals surface area (Å²) in [7, 11) is 0. The van der Waals surface area contributed by atoms with E-state index in [0.29, 0.717) is 12.5 Å². The molecule has 3 rings (SSSR count). The van der Waals surface area contributed by atoms with Crippen LogP contribution in [0.3, 0.4) is 0 Å². The summed E-state index contributed by atoms with van der Waals surface area (Å²) in [5.41, 5.74) is 1.00. The maximum absolute atomic E-state index is 12.6. The largest absolute Gasteiger partial charge is 0.445 e. The lowest BCUT2D eigenvalue weighted by Gasteiger charge is -2.44. The number of hydrogen-bond donors (Lipinski definition) is 0. The molecule has 1 aliphatic heterocycles. The molecule has 1 heterocycles. The molecule has 2 aliphatic rings. The normalized spacial score (nSPS) is 27.3. The van der Waals surface area contributed by atoms with Crippen LogP contribution in [0.1, 0.15) is 44.1 Å². The Balaban J connectivity index is 1.69. The van der Waals surface area contributed by atoms with Gasteiger partial charge in [-0.2, -0.15) is 0 Å². The first-order chi connectivity index (χ1) is 10.8. The van der Waals surface area contributed by atoms with Crippen molar-refractivity contribution in [2.24, 2.45) is 5.92 Å². The molecule has 0 N–H and O–H groups in total. The van der Waals surface area contributed by atoms with Crippen LogP contribution in [0.5, 0.6) is 0 Å². The molecule has 3 heteroatoms. The van der Waals surface area contributed by atoms with Gasteiger partial charge in [0.15, 0.2) is 0 Å². The highest BCUT2D eigenvalue weighted by molar-refractivity contribution is 5.69. The third-order valence-corrected chi connectivity index (χ3v) is 5.33. The molecule has 0 radical (unpaired) electrons. The third-order valence-electron chi connectivity index (χ3n) is 5.33. The highest BCUT2D eigenvalue weighted by Gasteiger charge is 2.51. The van der Waals surface area contributed by atoms with Crippen LogP contribution in [-0.4, -0.2) is 23.1 Å². The summed E-state index contributed by atoms with van der Waals surface area (Å²) in [5, 5.41) is 0. The van der Waals surface area contributed by atoms with E-state index in [1.54, 1.807) is 0 Å². The Morgan fingerprint density at radius 1 is 1.32 bits per heavy atom. The minimum absolute atomic E-state index is 0.0340. The minimum atomic E-state index is -0.157. The van der Waals surface area contributed by atoms with Crippen LogP contribution in [0.15, 0.2) is 43.0 Å². The highest BCUT2D eigenvalue weighted by atomic mass is 16.6. The van der Waals surface area contributed by atoms with Crippen molar-refractivity contribution in [1.82, 2.24) is 4.90 Å². The monoisotopic (exact) mass is 299 g/mol. The van der Waals surface area contributed by atoms with Crippen molar-refractivity contribution in [2.45, 2.75) is 50.7 Å². The van der Waals surface area contributed by atoms with Crippen molar-refractivity contribution in [1.29, 1.82) is 0 Å². The molecule has 1 aliphatic carbocycles. The van der Waals surface area contributed by atoms with Gasteiger partial charge in [0.2, 0.25) is 0 Å². The fourth-order valence-electron chi connectivity index (χ4n) is 4.27. The standard InChI is InChI=1S/C19H25NO2/c1-2-12-19-13-7-6-10-17(19)11-14-20(19)18(21)22-15-16-8-4-3-5-9-16/h2-5,8-9,17H,1,6-7,10-15H2/t17-,19-/m1/s1. The molecule has 1 aromatic rings. The molecule has 1 amide bonds. The molecule has 118 valence electrons. The van der Waals surface area contributed by atoms with E-state index in [1.807, 2.05) is 41.3 Å². The molecule has 2 atom stereocenters. The van der Waals surface area contributed by atoms with Crippen LogP contribution in [-0.2, 0) is 11.3 Å². The van der Waals surface area contributed by atoms with Crippen molar-refractivity contribution in [3.63, 3.8) is 0 Å². The average Bonchev–Trinajstić information content (AvgIpc) is 2.93. The van der Waals surface area contributed by atoms with Crippen LogP contribution in [0.4, 0.5) is 4.79 Å². The van der Waals surface area contributed by atoms with Crippen molar-refractivity contribution >= 4 is 6.09 Å². The Hall–Kier alpha value is -1.77. The second kappa shape index (κ2) is 6.55. The zero-order valence-corrected chi connectivity index (χ0v) is 13.2. The van der Waals surface area contributed by atoms with Gasteiger partial charge in [-0.1, -0.05) is 49.2 Å². The second-order valence-corrected chi connectivity index (χ2v) is 6.52. The molecule has 2 fully saturated rings. The molecule has 3 nitrogen and oxygen atoms in total. The van der Waals surface area contributed by atoms with Crippen molar-refractivity contribution < 1.29 is 9.53 Å². The lowest BCUT2D eigenvalue weighted by Crippen LogP contribution is -2.52. The SMILES string of the molecule is C=CC[C@@]12CCCC[C@@H]1CCN2C(=O)OCc1ccccc1. The van der Waals surface area contributed by atoms with E-state index < -0.39 is 0 Å². The average molecular weight is 299 g/mol. The number of ether oxygens (including phenoxy) is 1. The molecule has 1 saturated carbocycles. The van der Waals surface area contributed by atoms with Crippen LogP contribution in [0, 0.1) is 5.92 Å². The fraction of sp³-hybridized carbons (Fsp3) is 0.526. The van der Waals surface area contributed by atoms with E-state index in [2.05, 4.69) is 6.58 Å². The number of nitrogens with zero attached hydrogens (tertiary/aromatic N) is 1. The van der Waals surface area contributed by atoms with Crippen LogP contribution in [0.25, 0.3) is 0 Å². The number of benzene rings is 1. The molecular formula is C19H25NO2. The first kappa shape index (κ1) is 15.1. The first-order valence-electron chi connectivity index (χ1n) is 8.35. The predicted molar refractivity (Wildman–Crippen MR) is 87.5 cm³/mol. The van der Waals surface area contributed by atoms with Gasteiger partial charge in [0, 0.05) is 6.54 Å². The number of hydrogen-bond acceptors (Lipinski definition) is 2. The van der Waals surface area contributed by atoms with Crippen molar-refractivity contribution in [3.8, 4) is 0 Å². The summed E-state index contributed by atoms with van der Waals surface area (Å²) < 4.78 is 5.59. The van der Waals surface area contributed by atoms with Crippen molar-refractivity contribution in [2.75, 3.05) is 6.54 Å². The summed E-state index contributed by atoms with van der Waals surface area (Å²) in [4.78, 5) is 14.6. The van der Waals surface area contributed by atoms with Crippen LogP contribution in [0.2, 0.25) is 0 Å². The van der Waals surface area contributed by atoms with Gasteiger partial charge in [0.25, 0.3) is 0 Å². The number of amides is 1. The number of carbonyl (C=O) groups is 1. The molecule has 0 spiro atoms. The lowest BCUT2D eigenvalue weighted by atomic mass is 9.71. The van der Waals surface area contributed by atoms with E-state index in [-0.39, 0.29) is 11.6 Å². The Labute approximate surface area is 133 Å². The zero-order valence-electron chi connectivity index (χ0n) is 13.2. The minimum Gasteiger partial charge on any atom is -0.445 e. The van der Waals surface area contributed by atoms with Crippen LogP contribution < -0.4 is 0 Å². The van der Waals surface area contributed by atoms with Gasteiger partial charge in [-0.15, -0.1) is 6.58 Å². The van der Waals surface area contributed by atoms with Gasteiger partial charge in [-0.3, -0.25) is 0 Å². The molecular weight excluding hydrogens is 274 g/mol. The summed E-state index contributed by atoms with van der Waals surface area (Å²) in [6.07, 6.45) is 8.62. The predicted octanol–water partition coefficient (Wildman–Crippen LogP) is 4.53. The molecule has 1 saturated heterocycles. The highest BCUT2D eigenvalue weighted by Crippen LogP contribution is 2.47. The smallest absolute Gasteiger partial charge is 0.410 e. The van der Waals surface area contributed by atoms with Gasteiger partial charge < -0.3 is 9.64 Å². The summed E-state index contributed by atoms with van der Waals surface area (Å²) in [5.74, 6) is 0.614. The quantitative estimate of drug-likeness (QED) is 0.764. The van der Waals surface area contributed by atoms with Gasteiger partial charge in [0.05, 0.1) is 5.54 Å². The lowest BCUT2D eigenvalue weighted by molar-refractivity contribution is 0.0371. The third kappa shape index (κ3) is 2.77. The van der Waals surface area contributed by atoms with Gasteiger partial charge in [0.1, 0.15) is 6.61 Å². The fourth-order valence-corrected chi connectivity index (χ4v) is 4.27. The van der Waals surface area contributed by atoms with E-state index in [9.17, 15) is 4.79 Å². The first-order valence-corrected chi connectivity index (χ1v) is 8.35. The molecule has 22 heavy (non-hydrogen) atoms. The topological polar surface area (TPSA) is 29.5 Å². The Bertz CT molecular complexity index is 527. The van der Waals surface area contributed by atoms with E-state index in [4.69, 9.17) is 4.74 Å². The maximum atomic E-state index is 12.6. The number of carbonyl (C=O) groups excluding carboxylic acids is 1. The Morgan fingerprint density at radius 2 is 2.14 bits per heavy atom. The van der Waals surface area contributed by atoms with E-state index in [0.717, 1.165) is 31.4 Å². The number of fused-ring (bicyclic) bond motifs is 1. The summed E-state index contributed by atoms with van der Waals surface area (Å²) >= 11 is 0. The molecule has 0 unspecified atom stereocenters. The van der Waals surface area contributed by atoms with E-state index >= 15 is 0 Å². The molecule has 0 bridgehead atoms. The molecule has 1 aromatic carbocycles. The Kier molecular flexibility index (Phi) is 4.51. The summed E-state index contributed by atoms with van der Waals surface area (Å²) in [6.45, 7) is 5.10. The van der Waals surface area contributed by atoms with Crippen LogP contribution >= 0.6 is 0 Å². The van der Waals surface area contributed by atoms with Gasteiger partial charge >= 0.3 is 6.09 Å². The van der Waals surface area contributed by atoms with Gasteiger partial charge in [-0.05, 0) is 37.2 Å². The van der Waals surface area contributed by atoms with E-state index in [1.165, 1.54) is 19.3 Å². The zero-order chi connectivity index (χ0) is 15.4. The maximum Gasteiger partial charge on any atom is 0.410 e. The second-order valence-electron chi connectivity index (χ2n) is 6.52. The van der Waals surface area contributed by atoms with Crippen molar-refractivity contribution in [3.05, 3.63) is 48.6 Å².